The van der Waals surface area contributed by atoms with Gasteiger partial charge in [-0.15, -0.1) is 4.68 Å². The highest BCUT2D eigenvalue weighted by Gasteiger charge is 2.20. The van der Waals surface area contributed by atoms with Crippen LogP contribution >= 0.6 is 0 Å². The first-order chi connectivity index (χ1) is 14.3. The van der Waals surface area contributed by atoms with Crippen LogP contribution in [0.15, 0.2) is 108 Å². The number of halogens is 4. The van der Waals surface area contributed by atoms with Crippen molar-refractivity contribution in [3.63, 3.8) is 0 Å². The van der Waals surface area contributed by atoms with Crippen molar-refractivity contribution in [1.82, 2.24) is 4.68 Å². The third kappa shape index (κ3) is 5.67. The molecule has 0 bridgehead atoms. The Bertz CT molecular complexity index is 1080. The van der Waals surface area contributed by atoms with Crippen LogP contribution in [0.25, 0.3) is 22.5 Å². The molecule has 0 spiro atoms. The molecule has 2 aromatic carbocycles. The summed E-state index contributed by atoms with van der Waals surface area (Å²) < 4.78 is 43.1. The van der Waals surface area contributed by atoms with Gasteiger partial charge in [0, 0.05) is 35.4 Å². The molecule has 0 N–H and O–H groups in total. The van der Waals surface area contributed by atoms with Crippen LogP contribution in [-0.2, 0) is 0 Å². The van der Waals surface area contributed by atoms with E-state index in [1.807, 2.05) is 95.9 Å². The van der Waals surface area contributed by atoms with Crippen LogP contribution < -0.4 is 10.1 Å². The van der Waals surface area contributed by atoms with Crippen molar-refractivity contribution in [2.45, 2.75) is 0 Å². The molecule has 0 atom stereocenters. The number of hydrogen-bond acceptors (Lipinski definition) is 1. The van der Waals surface area contributed by atoms with Gasteiger partial charge in [-0.1, -0.05) is 71.4 Å². The van der Waals surface area contributed by atoms with E-state index in [1.165, 1.54) is 0 Å². The molecule has 4 aromatic rings. The molecule has 0 aliphatic heterocycles. The van der Waals surface area contributed by atoms with Gasteiger partial charge in [0.15, 0.2) is 5.43 Å². The summed E-state index contributed by atoms with van der Waals surface area (Å²) in [6, 6.07) is 29.2. The lowest BCUT2D eigenvalue weighted by Gasteiger charge is -2.13. The first-order valence-corrected chi connectivity index (χ1v) is 9.05. The third-order valence-electron chi connectivity index (χ3n) is 4.08. The number of pyridine rings is 2. The van der Waals surface area contributed by atoms with Crippen LogP contribution in [0.5, 0.6) is 0 Å². The molecule has 2 aromatic heterocycles. The van der Waals surface area contributed by atoms with Gasteiger partial charge in [-0.05, 0) is 0 Å². The highest BCUT2D eigenvalue weighted by molar-refractivity contribution is 6.50. The second-order valence-corrected chi connectivity index (χ2v) is 6.26. The molecular weight excluding hydrogens is 395 g/mol. The zero-order valence-corrected chi connectivity index (χ0v) is 15.7. The first-order valence-electron chi connectivity index (χ1n) is 9.05. The van der Waals surface area contributed by atoms with Gasteiger partial charge in [0.25, 0.3) is 0 Å². The Kier molecular flexibility index (Phi) is 6.46. The predicted octanol–water partition coefficient (Wildman–Crippen LogP) is 5.08. The number of rotatable bonds is 3. The van der Waals surface area contributed by atoms with Crippen LogP contribution in [0.2, 0.25) is 0 Å². The standard InChI is InChI=1S/C22H17N2O.BF4/c25-20-16-21(18-10-4-1-5-11-18)24(23-14-8-3-9-15-23)22(17-20)19-12-6-2-7-13-19;2-1(3,4)5/h1-17H;/q+1;-1. The van der Waals surface area contributed by atoms with Crippen molar-refractivity contribution >= 4 is 7.25 Å². The Morgan fingerprint density at radius 1 is 0.633 bits per heavy atom. The van der Waals surface area contributed by atoms with Crippen molar-refractivity contribution in [2.75, 3.05) is 0 Å². The van der Waals surface area contributed by atoms with Crippen molar-refractivity contribution in [3.8, 4) is 22.5 Å². The van der Waals surface area contributed by atoms with E-state index in [4.69, 9.17) is 0 Å². The molecule has 8 heteroatoms. The van der Waals surface area contributed by atoms with Crippen LogP contribution in [0.4, 0.5) is 17.3 Å². The Labute approximate surface area is 170 Å². The molecule has 0 fully saturated rings. The summed E-state index contributed by atoms with van der Waals surface area (Å²) in [6.45, 7) is 0. The quantitative estimate of drug-likeness (QED) is 0.262. The van der Waals surface area contributed by atoms with Crippen LogP contribution in [-0.4, -0.2) is 11.9 Å². The van der Waals surface area contributed by atoms with Gasteiger partial charge in [0.05, 0.1) is 0 Å². The second kappa shape index (κ2) is 9.22. The molecule has 0 aliphatic rings. The highest BCUT2D eigenvalue weighted by Crippen LogP contribution is 2.23. The van der Waals surface area contributed by atoms with Gasteiger partial charge in [0.2, 0.25) is 12.4 Å². The molecule has 2 heterocycles. The minimum atomic E-state index is -6.00. The van der Waals surface area contributed by atoms with Crippen LogP contribution in [0, 0.1) is 0 Å². The Balaban J connectivity index is 0.000000461. The lowest BCUT2D eigenvalue weighted by atomic mass is 10.1. The molecule has 0 amide bonds. The normalized spacial score (nSPS) is 10.8. The fourth-order valence-electron chi connectivity index (χ4n) is 2.96. The monoisotopic (exact) mass is 412 g/mol. The number of nitrogens with zero attached hydrogens (tertiary/aromatic N) is 2. The summed E-state index contributed by atoms with van der Waals surface area (Å²) >= 11 is 0. The summed E-state index contributed by atoms with van der Waals surface area (Å²) in [5.74, 6) is 0. The van der Waals surface area contributed by atoms with E-state index < -0.39 is 7.25 Å². The third-order valence-corrected chi connectivity index (χ3v) is 4.08. The molecular formula is C22H17BF4N2O. The Morgan fingerprint density at radius 2 is 1.00 bits per heavy atom. The van der Waals surface area contributed by atoms with E-state index >= 15 is 0 Å². The van der Waals surface area contributed by atoms with Gasteiger partial charge in [-0.2, -0.15) is 0 Å². The topological polar surface area (TPSA) is 25.9 Å². The summed E-state index contributed by atoms with van der Waals surface area (Å²) in [7, 11) is -6.00. The summed E-state index contributed by atoms with van der Waals surface area (Å²) in [5.41, 5.74) is 3.68. The van der Waals surface area contributed by atoms with Gasteiger partial charge in [0.1, 0.15) is 11.4 Å². The fraction of sp³-hybridized carbons (Fsp3) is 0. The fourth-order valence-corrected chi connectivity index (χ4v) is 2.96. The zero-order valence-electron chi connectivity index (χ0n) is 15.7. The number of benzene rings is 2. The summed E-state index contributed by atoms with van der Waals surface area (Å²) in [5, 5.41) is 0. The summed E-state index contributed by atoms with van der Waals surface area (Å²) in [6.07, 6.45) is 3.95. The predicted molar refractivity (Wildman–Crippen MR) is 109 cm³/mol. The lowest BCUT2D eigenvalue weighted by Crippen LogP contribution is -2.43. The molecule has 0 saturated carbocycles. The number of hydrogen-bond donors (Lipinski definition) is 0. The smallest absolute Gasteiger partial charge is 0.418 e. The highest BCUT2D eigenvalue weighted by atomic mass is 19.5. The molecule has 3 nitrogen and oxygen atoms in total. The average Bonchev–Trinajstić information content (AvgIpc) is 2.74. The van der Waals surface area contributed by atoms with Crippen LogP contribution in [0.1, 0.15) is 0 Å². The summed E-state index contributed by atoms with van der Waals surface area (Å²) in [4.78, 5) is 12.4. The SMILES string of the molecule is F[B-](F)(F)F.O=c1cc(-c2ccccc2)n(-[n+]2ccccc2)c(-c2ccccc2)c1. The van der Waals surface area contributed by atoms with Crippen molar-refractivity contribution < 1.29 is 21.9 Å². The molecule has 30 heavy (non-hydrogen) atoms. The molecule has 152 valence electrons. The molecule has 0 saturated heterocycles. The van der Waals surface area contributed by atoms with Crippen molar-refractivity contribution in [2.24, 2.45) is 0 Å². The molecule has 0 radical (unpaired) electrons. The van der Waals surface area contributed by atoms with E-state index in [2.05, 4.69) is 4.68 Å². The lowest BCUT2D eigenvalue weighted by molar-refractivity contribution is -0.725. The molecule has 0 aliphatic carbocycles. The van der Waals surface area contributed by atoms with Crippen molar-refractivity contribution in [3.05, 3.63) is 114 Å². The Hall–Kier alpha value is -3.68. The van der Waals surface area contributed by atoms with Gasteiger partial charge < -0.3 is 17.3 Å². The van der Waals surface area contributed by atoms with Gasteiger partial charge in [-0.3, -0.25) is 4.79 Å². The molecule has 4 rings (SSSR count). The van der Waals surface area contributed by atoms with Crippen molar-refractivity contribution in [1.29, 1.82) is 0 Å². The van der Waals surface area contributed by atoms with Gasteiger partial charge in [-0.25, -0.2) is 0 Å². The van der Waals surface area contributed by atoms with E-state index in [-0.39, 0.29) is 5.43 Å². The Morgan fingerprint density at radius 3 is 1.40 bits per heavy atom. The first kappa shape index (κ1) is 21.0. The minimum Gasteiger partial charge on any atom is -0.418 e. The van der Waals surface area contributed by atoms with Crippen LogP contribution in [0.3, 0.4) is 0 Å². The van der Waals surface area contributed by atoms with E-state index in [0.717, 1.165) is 22.5 Å². The number of aromatic nitrogens is 2. The second-order valence-electron chi connectivity index (χ2n) is 6.26. The van der Waals surface area contributed by atoms with E-state index in [1.54, 1.807) is 12.1 Å². The van der Waals surface area contributed by atoms with Gasteiger partial charge >= 0.3 is 7.25 Å². The maximum absolute atomic E-state index is 12.4. The average molecular weight is 412 g/mol. The molecule has 0 unspecified atom stereocenters. The zero-order chi connectivity index (χ0) is 21.6. The largest absolute Gasteiger partial charge is 0.673 e. The van der Waals surface area contributed by atoms with E-state index in [0.29, 0.717) is 0 Å². The van der Waals surface area contributed by atoms with E-state index in [9.17, 15) is 22.1 Å². The minimum absolute atomic E-state index is 0.00881. The maximum atomic E-state index is 12.4. The maximum Gasteiger partial charge on any atom is 0.673 e.